The van der Waals surface area contributed by atoms with Crippen LogP contribution in [0.1, 0.15) is 43.6 Å². The predicted octanol–water partition coefficient (Wildman–Crippen LogP) is 2.75. The summed E-state index contributed by atoms with van der Waals surface area (Å²) < 4.78 is 5.04. The third-order valence-corrected chi connectivity index (χ3v) is 5.01. The van der Waals surface area contributed by atoms with Gasteiger partial charge in [-0.2, -0.15) is 0 Å². The minimum atomic E-state index is -0.818. The molecule has 4 rings (SSSR count). The third-order valence-electron chi connectivity index (χ3n) is 5.01. The number of aromatic amines is 1. The molecule has 1 N–H and O–H groups in total. The van der Waals surface area contributed by atoms with E-state index in [2.05, 4.69) is 4.98 Å². The maximum atomic E-state index is 12.5. The van der Waals surface area contributed by atoms with Gasteiger partial charge in [0.2, 0.25) is 5.78 Å². The van der Waals surface area contributed by atoms with Crippen LogP contribution in [0, 0.1) is 0 Å². The fraction of sp³-hybridized carbons (Fsp3) is 0.182. The van der Waals surface area contributed by atoms with E-state index in [-0.39, 0.29) is 16.9 Å². The van der Waals surface area contributed by atoms with Gasteiger partial charge in [-0.1, -0.05) is 37.3 Å². The van der Waals surface area contributed by atoms with E-state index >= 15 is 0 Å². The first-order valence-corrected chi connectivity index (χ1v) is 9.24. The van der Waals surface area contributed by atoms with Gasteiger partial charge in [0.05, 0.1) is 11.1 Å². The van der Waals surface area contributed by atoms with E-state index in [1.807, 2.05) is 25.1 Å². The Morgan fingerprint density at radius 2 is 1.69 bits per heavy atom. The highest BCUT2D eigenvalue weighted by Gasteiger charge is 2.36. The van der Waals surface area contributed by atoms with Crippen molar-refractivity contribution in [2.75, 3.05) is 13.2 Å². The summed E-state index contributed by atoms with van der Waals surface area (Å²) in [5, 5.41) is 0.769. The summed E-state index contributed by atoms with van der Waals surface area (Å²) >= 11 is 0. The third kappa shape index (κ3) is 3.20. The molecule has 3 aromatic rings. The number of aromatic nitrogens is 1. The minimum absolute atomic E-state index is 0.256. The van der Waals surface area contributed by atoms with Crippen molar-refractivity contribution in [1.82, 2.24) is 9.88 Å². The quantitative estimate of drug-likeness (QED) is 0.397. The van der Waals surface area contributed by atoms with Crippen LogP contribution in [0.25, 0.3) is 10.9 Å². The standard InChI is InChI=1S/C22H18N2O5/c1-2-13-6-5-9-14-17(10-23-20(13)14)18(25)12-29-19(26)11-24-21(27)15-7-3-4-8-16(15)22(24)28/h3-10,23H,2,11-12H2,1H3. The summed E-state index contributed by atoms with van der Waals surface area (Å²) in [7, 11) is 0. The number of fused-ring (bicyclic) bond motifs is 2. The van der Waals surface area contributed by atoms with Crippen LogP contribution >= 0.6 is 0 Å². The van der Waals surface area contributed by atoms with Crippen molar-refractivity contribution < 1.29 is 23.9 Å². The molecule has 0 saturated heterocycles. The maximum absolute atomic E-state index is 12.5. The first kappa shape index (κ1) is 18.6. The number of hydrogen-bond donors (Lipinski definition) is 1. The number of rotatable bonds is 6. The van der Waals surface area contributed by atoms with Gasteiger partial charge in [0.15, 0.2) is 6.61 Å². The van der Waals surface area contributed by atoms with E-state index in [4.69, 9.17) is 4.74 Å². The Labute approximate surface area is 166 Å². The molecule has 0 spiro atoms. The van der Waals surface area contributed by atoms with Crippen molar-refractivity contribution in [3.05, 3.63) is 70.9 Å². The molecule has 1 aliphatic rings. The van der Waals surface area contributed by atoms with Gasteiger partial charge in [-0.3, -0.25) is 24.1 Å². The number of benzene rings is 2. The van der Waals surface area contributed by atoms with Crippen LogP contribution in [0.15, 0.2) is 48.7 Å². The smallest absolute Gasteiger partial charge is 0.326 e. The topological polar surface area (TPSA) is 96.5 Å². The van der Waals surface area contributed by atoms with Gasteiger partial charge >= 0.3 is 5.97 Å². The van der Waals surface area contributed by atoms with E-state index in [1.54, 1.807) is 18.3 Å². The molecule has 2 amide bonds. The summed E-state index contributed by atoms with van der Waals surface area (Å²) in [6.45, 7) is 1.02. The van der Waals surface area contributed by atoms with Crippen LogP contribution in [0.2, 0.25) is 0 Å². The Morgan fingerprint density at radius 3 is 2.34 bits per heavy atom. The van der Waals surface area contributed by atoms with Gasteiger partial charge in [0.25, 0.3) is 11.8 Å². The lowest BCUT2D eigenvalue weighted by Gasteiger charge is -2.12. The van der Waals surface area contributed by atoms with E-state index in [1.165, 1.54) is 12.1 Å². The van der Waals surface area contributed by atoms with Crippen molar-refractivity contribution in [1.29, 1.82) is 0 Å². The highest BCUT2D eigenvalue weighted by molar-refractivity contribution is 6.22. The molecule has 1 aliphatic heterocycles. The number of carbonyl (C=O) groups excluding carboxylic acids is 4. The zero-order valence-electron chi connectivity index (χ0n) is 15.7. The Hall–Kier alpha value is -3.74. The lowest BCUT2D eigenvalue weighted by atomic mass is 10.1. The van der Waals surface area contributed by atoms with Crippen LogP contribution < -0.4 is 0 Å². The van der Waals surface area contributed by atoms with Gasteiger partial charge in [-0.05, 0) is 24.1 Å². The molecule has 0 atom stereocenters. The number of esters is 1. The van der Waals surface area contributed by atoms with Gasteiger partial charge < -0.3 is 9.72 Å². The molecule has 0 fully saturated rings. The van der Waals surface area contributed by atoms with E-state index in [0.717, 1.165) is 27.8 Å². The van der Waals surface area contributed by atoms with Crippen molar-refractivity contribution in [3.8, 4) is 0 Å². The second-order valence-corrected chi connectivity index (χ2v) is 6.72. The molecule has 0 saturated carbocycles. The Kier molecular flexibility index (Phi) is 4.72. The lowest BCUT2D eigenvalue weighted by Crippen LogP contribution is -2.36. The fourth-order valence-corrected chi connectivity index (χ4v) is 3.52. The largest absolute Gasteiger partial charge is 0.456 e. The van der Waals surface area contributed by atoms with Crippen LogP contribution in [-0.2, 0) is 16.0 Å². The second kappa shape index (κ2) is 7.35. The maximum Gasteiger partial charge on any atom is 0.326 e. The average molecular weight is 390 g/mol. The lowest BCUT2D eigenvalue weighted by molar-refractivity contribution is -0.142. The van der Waals surface area contributed by atoms with Crippen LogP contribution in [0.4, 0.5) is 0 Å². The van der Waals surface area contributed by atoms with Crippen molar-refractivity contribution in [3.63, 3.8) is 0 Å². The van der Waals surface area contributed by atoms with E-state index in [9.17, 15) is 19.2 Å². The summed E-state index contributed by atoms with van der Waals surface area (Å²) in [4.78, 5) is 53.2. The molecule has 2 heterocycles. The summed E-state index contributed by atoms with van der Waals surface area (Å²) in [5.41, 5.74) is 2.92. The summed E-state index contributed by atoms with van der Waals surface area (Å²) in [6, 6.07) is 12.1. The minimum Gasteiger partial charge on any atom is -0.456 e. The van der Waals surface area contributed by atoms with Gasteiger partial charge in [0.1, 0.15) is 6.54 Å². The van der Waals surface area contributed by atoms with Crippen molar-refractivity contribution in [2.24, 2.45) is 0 Å². The van der Waals surface area contributed by atoms with Crippen molar-refractivity contribution >= 4 is 34.5 Å². The first-order chi connectivity index (χ1) is 14.0. The number of nitrogens with zero attached hydrogens (tertiary/aromatic N) is 1. The number of Topliss-reactive ketones (excluding diaryl/α,β-unsaturated/α-hetero) is 1. The second-order valence-electron chi connectivity index (χ2n) is 6.72. The fourth-order valence-electron chi connectivity index (χ4n) is 3.52. The van der Waals surface area contributed by atoms with Crippen LogP contribution in [-0.4, -0.2) is 46.6 Å². The van der Waals surface area contributed by atoms with Crippen LogP contribution in [0.3, 0.4) is 0 Å². The molecule has 2 aromatic carbocycles. The van der Waals surface area contributed by atoms with Gasteiger partial charge in [-0.15, -0.1) is 0 Å². The van der Waals surface area contributed by atoms with Gasteiger partial charge in [0, 0.05) is 22.7 Å². The molecule has 0 radical (unpaired) electrons. The summed E-state index contributed by atoms with van der Waals surface area (Å²) in [6.07, 6.45) is 2.42. The van der Waals surface area contributed by atoms with Crippen molar-refractivity contribution in [2.45, 2.75) is 13.3 Å². The first-order valence-electron chi connectivity index (χ1n) is 9.24. The molecule has 0 bridgehead atoms. The number of para-hydroxylation sites is 1. The number of nitrogens with one attached hydrogen (secondary N) is 1. The number of amides is 2. The predicted molar refractivity (Wildman–Crippen MR) is 105 cm³/mol. The summed E-state index contributed by atoms with van der Waals surface area (Å²) in [5.74, 6) is -2.27. The van der Waals surface area contributed by atoms with Gasteiger partial charge in [-0.25, -0.2) is 0 Å². The highest BCUT2D eigenvalue weighted by atomic mass is 16.5. The number of H-pyrrole nitrogens is 1. The molecule has 0 aliphatic carbocycles. The molecular weight excluding hydrogens is 372 g/mol. The Bertz CT molecular complexity index is 1130. The zero-order valence-corrected chi connectivity index (χ0v) is 15.7. The number of aryl methyl sites for hydroxylation is 1. The number of carbonyl (C=O) groups is 4. The monoisotopic (exact) mass is 390 g/mol. The Balaban J connectivity index is 1.41. The molecule has 7 heteroatoms. The molecule has 7 nitrogen and oxygen atoms in total. The molecule has 0 unspecified atom stereocenters. The highest BCUT2D eigenvalue weighted by Crippen LogP contribution is 2.23. The normalized spacial score (nSPS) is 13.1. The Morgan fingerprint density at radius 1 is 1.00 bits per heavy atom. The number of hydrogen-bond acceptors (Lipinski definition) is 5. The molecule has 1 aromatic heterocycles. The SMILES string of the molecule is CCc1cccc2c(C(=O)COC(=O)CN3C(=O)c4ccccc4C3=O)c[nH]c12. The van der Waals surface area contributed by atoms with E-state index < -0.39 is 30.9 Å². The van der Waals surface area contributed by atoms with Crippen LogP contribution in [0.5, 0.6) is 0 Å². The molecular formula is C22H18N2O5. The number of ether oxygens (including phenoxy) is 1. The zero-order chi connectivity index (χ0) is 20.5. The number of imide groups is 1. The van der Waals surface area contributed by atoms with E-state index in [0.29, 0.717) is 5.56 Å². The average Bonchev–Trinajstić information content (AvgIpc) is 3.28. The molecule has 146 valence electrons. The number of ketones is 1. The molecule has 29 heavy (non-hydrogen) atoms.